The van der Waals surface area contributed by atoms with E-state index in [-0.39, 0.29) is 25.5 Å². The van der Waals surface area contributed by atoms with E-state index in [2.05, 4.69) is 21.3 Å². The Labute approximate surface area is 140 Å². The molecule has 0 fully saturated rings. The third kappa shape index (κ3) is 7.50. The molecule has 130 valence electrons. The van der Waals surface area contributed by atoms with Crippen LogP contribution in [0.3, 0.4) is 0 Å². The average Bonchev–Trinajstić information content (AvgIpc) is 2.58. The minimum Gasteiger partial charge on any atom is -0.348 e. The first-order chi connectivity index (χ1) is 11.6. The SMILES string of the molecule is CNCC(=O)NC(Cc1ccccc1)C(=O)NCC(=O)NCC=O. The first-order valence-corrected chi connectivity index (χ1v) is 7.52. The van der Waals surface area contributed by atoms with Crippen molar-refractivity contribution in [3.8, 4) is 0 Å². The smallest absolute Gasteiger partial charge is 0.243 e. The van der Waals surface area contributed by atoms with Gasteiger partial charge in [-0.15, -0.1) is 0 Å². The van der Waals surface area contributed by atoms with Gasteiger partial charge in [0.2, 0.25) is 17.7 Å². The van der Waals surface area contributed by atoms with Crippen LogP contribution in [-0.2, 0) is 25.6 Å². The molecule has 1 aromatic rings. The Bertz CT molecular complexity index is 562. The number of benzene rings is 1. The number of likely N-dealkylation sites (N-methyl/N-ethyl adjacent to an activating group) is 1. The zero-order valence-electron chi connectivity index (χ0n) is 13.5. The maximum absolute atomic E-state index is 12.3. The molecule has 0 saturated heterocycles. The van der Waals surface area contributed by atoms with Gasteiger partial charge in [0, 0.05) is 6.42 Å². The van der Waals surface area contributed by atoms with Crippen LogP contribution in [0.5, 0.6) is 0 Å². The molecule has 8 nitrogen and oxygen atoms in total. The summed E-state index contributed by atoms with van der Waals surface area (Å²) in [4.78, 5) is 45.6. The van der Waals surface area contributed by atoms with Crippen molar-refractivity contribution in [2.45, 2.75) is 12.5 Å². The highest BCUT2D eigenvalue weighted by Gasteiger charge is 2.21. The van der Waals surface area contributed by atoms with E-state index in [4.69, 9.17) is 0 Å². The van der Waals surface area contributed by atoms with Crippen molar-refractivity contribution in [3.63, 3.8) is 0 Å². The average molecular weight is 334 g/mol. The highest BCUT2D eigenvalue weighted by molar-refractivity contribution is 5.91. The molecule has 1 unspecified atom stereocenters. The lowest BCUT2D eigenvalue weighted by molar-refractivity contribution is -0.130. The van der Waals surface area contributed by atoms with Crippen LogP contribution in [0.2, 0.25) is 0 Å². The van der Waals surface area contributed by atoms with Gasteiger partial charge < -0.3 is 26.1 Å². The number of rotatable bonds is 10. The third-order valence-electron chi connectivity index (χ3n) is 3.08. The van der Waals surface area contributed by atoms with Gasteiger partial charge in [0.25, 0.3) is 0 Å². The fraction of sp³-hybridized carbons (Fsp3) is 0.375. The Morgan fingerprint density at radius 2 is 1.75 bits per heavy atom. The molecular weight excluding hydrogens is 312 g/mol. The maximum atomic E-state index is 12.3. The van der Waals surface area contributed by atoms with Crippen molar-refractivity contribution in [1.82, 2.24) is 21.3 Å². The molecule has 0 aliphatic carbocycles. The van der Waals surface area contributed by atoms with Gasteiger partial charge in [-0.1, -0.05) is 30.3 Å². The van der Waals surface area contributed by atoms with Crippen molar-refractivity contribution < 1.29 is 19.2 Å². The molecule has 0 aliphatic rings. The Kier molecular flexibility index (Phi) is 8.77. The fourth-order valence-electron chi connectivity index (χ4n) is 1.97. The molecule has 0 heterocycles. The normalized spacial score (nSPS) is 11.2. The van der Waals surface area contributed by atoms with E-state index in [0.717, 1.165) is 5.56 Å². The van der Waals surface area contributed by atoms with Gasteiger partial charge in [-0.05, 0) is 12.6 Å². The van der Waals surface area contributed by atoms with E-state index in [1.807, 2.05) is 30.3 Å². The van der Waals surface area contributed by atoms with Gasteiger partial charge in [0.05, 0.1) is 19.6 Å². The lowest BCUT2D eigenvalue weighted by atomic mass is 10.1. The summed E-state index contributed by atoms with van der Waals surface area (Å²) in [6.07, 6.45) is 0.855. The van der Waals surface area contributed by atoms with Gasteiger partial charge in [-0.25, -0.2) is 0 Å². The van der Waals surface area contributed by atoms with Gasteiger partial charge in [0.1, 0.15) is 12.3 Å². The van der Waals surface area contributed by atoms with Crippen molar-refractivity contribution in [2.24, 2.45) is 0 Å². The summed E-state index contributed by atoms with van der Waals surface area (Å²) in [6, 6.07) is 8.43. The van der Waals surface area contributed by atoms with Crippen molar-refractivity contribution in [2.75, 3.05) is 26.7 Å². The maximum Gasteiger partial charge on any atom is 0.243 e. The molecule has 1 rings (SSSR count). The molecule has 0 saturated carbocycles. The lowest BCUT2D eigenvalue weighted by Crippen LogP contribution is -2.51. The summed E-state index contributed by atoms with van der Waals surface area (Å²) >= 11 is 0. The second-order valence-corrected chi connectivity index (χ2v) is 5.03. The summed E-state index contributed by atoms with van der Waals surface area (Å²) in [5, 5.41) is 10.1. The zero-order valence-corrected chi connectivity index (χ0v) is 13.5. The Morgan fingerprint density at radius 3 is 2.38 bits per heavy atom. The number of amides is 3. The van der Waals surface area contributed by atoms with Crippen LogP contribution < -0.4 is 21.3 Å². The summed E-state index contributed by atoms with van der Waals surface area (Å²) in [7, 11) is 1.63. The van der Waals surface area contributed by atoms with Gasteiger partial charge in [0.15, 0.2) is 0 Å². The quantitative estimate of drug-likeness (QED) is 0.383. The van der Waals surface area contributed by atoms with Gasteiger partial charge in [-0.3, -0.25) is 14.4 Å². The van der Waals surface area contributed by atoms with Crippen LogP contribution >= 0.6 is 0 Å². The van der Waals surface area contributed by atoms with Crippen LogP contribution in [0.15, 0.2) is 30.3 Å². The highest BCUT2D eigenvalue weighted by Crippen LogP contribution is 2.03. The minimum absolute atomic E-state index is 0.0817. The minimum atomic E-state index is -0.799. The number of carbonyl (C=O) groups is 4. The molecule has 8 heteroatoms. The molecule has 0 aliphatic heterocycles. The van der Waals surface area contributed by atoms with Crippen LogP contribution in [0.4, 0.5) is 0 Å². The Morgan fingerprint density at radius 1 is 1.04 bits per heavy atom. The number of nitrogens with one attached hydrogen (secondary N) is 4. The fourth-order valence-corrected chi connectivity index (χ4v) is 1.97. The number of aldehydes is 1. The van der Waals surface area contributed by atoms with E-state index < -0.39 is 17.9 Å². The topological polar surface area (TPSA) is 116 Å². The van der Waals surface area contributed by atoms with Crippen LogP contribution in [0.1, 0.15) is 5.56 Å². The summed E-state index contributed by atoms with van der Waals surface area (Å²) in [6.45, 7) is -0.292. The molecular formula is C16H22N4O4. The molecule has 0 radical (unpaired) electrons. The third-order valence-corrected chi connectivity index (χ3v) is 3.08. The molecule has 1 atom stereocenters. The zero-order chi connectivity index (χ0) is 17.8. The molecule has 0 aromatic heterocycles. The molecule has 24 heavy (non-hydrogen) atoms. The number of hydrogen-bond donors (Lipinski definition) is 4. The Hall–Kier alpha value is -2.74. The monoisotopic (exact) mass is 334 g/mol. The van der Waals surface area contributed by atoms with E-state index in [0.29, 0.717) is 12.7 Å². The van der Waals surface area contributed by atoms with E-state index >= 15 is 0 Å². The second kappa shape index (κ2) is 10.9. The highest BCUT2D eigenvalue weighted by atomic mass is 16.2. The van der Waals surface area contributed by atoms with E-state index in [1.54, 1.807) is 7.05 Å². The summed E-state index contributed by atoms with van der Waals surface area (Å²) in [5.74, 6) is -1.26. The van der Waals surface area contributed by atoms with E-state index in [1.165, 1.54) is 0 Å². The van der Waals surface area contributed by atoms with Crippen LogP contribution in [0.25, 0.3) is 0 Å². The number of hydrogen-bond acceptors (Lipinski definition) is 5. The van der Waals surface area contributed by atoms with Crippen LogP contribution in [0, 0.1) is 0 Å². The van der Waals surface area contributed by atoms with Crippen molar-refractivity contribution in [1.29, 1.82) is 0 Å². The van der Waals surface area contributed by atoms with Gasteiger partial charge >= 0.3 is 0 Å². The molecule has 1 aromatic carbocycles. The van der Waals surface area contributed by atoms with Gasteiger partial charge in [-0.2, -0.15) is 0 Å². The van der Waals surface area contributed by atoms with Crippen LogP contribution in [-0.4, -0.2) is 56.7 Å². The lowest BCUT2D eigenvalue weighted by Gasteiger charge is -2.18. The summed E-state index contributed by atoms with van der Waals surface area (Å²) < 4.78 is 0. The first kappa shape index (κ1) is 19.3. The first-order valence-electron chi connectivity index (χ1n) is 7.52. The molecule has 0 spiro atoms. The Balaban J connectivity index is 2.65. The van der Waals surface area contributed by atoms with Crippen molar-refractivity contribution >= 4 is 24.0 Å². The van der Waals surface area contributed by atoms with E-state index in [9.17, 15) is 19.2 Å². The summed E-state index contributed by atoms with van der Waals surface area (Å²) in [5.41, 5.74) is 0.882. The number of carbonyl (C=O) groups excluding carboxylic acids is 4. The second-order valence-electron chi connectivity index (χ2n) is 5.03. The molecule has 0 bridgehead atoms. The van der Waals surface area contributed by atoms with Crippen molar-refractivity contribution in [3.05, 3.63) is 35.9 Å². The predicted molar refractivity (Wildman–Crippen MR) is 88.1 cm³/mol. The standard InChI is InChI=1S/C16H22N4O4/c1-17-10-15(23)20-13(9-12-5-3-2-4-6-12)16(24)19-11-14(22)18-7-8-21/h2-6,8,13,17H,7,9-11H2,1H3,(H,18,22)(H,19,24)(H,20,23). The molecule has 3 amide bonds. The predicted octanol–water partition coefficient (Wildman–Crippen LogP) is -1.64. The largest absolute Gasteiger partial charge is 0.348 e. The molecule has 4 N–H and O–H groups in total.